The first-order chi connectivity index (χ1) is 8.34. The monoisotopic (exact) mass is 273 g/mol. The summed E-state index contributed by atoms with van der Waals surface area (Å²) >= 11 is 5.72. The molecule has 0 radical (unpaired) electrons. The van der Waals surface area contributed by atoms with Gasteiger partial charge in [0.25, 0.3) is 0 Å². The zero-order chi connectivity index (χ0) is 13.9. The zero-order valence-electron chi connectivity index (χ0n) is 11.4. The lowest BCUT2D eigenvalue weighted by Gasteiger charge is -2.41. The number of nitrogens with zero attached hydrogens (tertiary/aromatic N) is 1. The highest BCUT2D eigenvalue weighted by Gasteiger charge is 2.35. The third-order valence-corrected chi connectivity index (χ3v) is 3.74. The van der Waals surface area contributed by atoms with Crippen molar-refractivity contribution in [3.05, 3.63) is 34.6 Å². The van der Waals surface area contributed by atoms with Crippen molar-refractivity contribution >= 4 is 11.6 Å². The van der Waals surface area contributed by atoms with E-state index in [0.29, 0.717) is 5.02 Å². The van der Waals surface area contributed by atoms with Crippen LogP contribution in [0.5, 0.6) is 0 Å². The Bertz CT molecular complexity index is 405. The number of hydrogen-bond donors (Lipinski definition) is 1. The van der Waals surface area contributed by atoms with Crippen LogP contribution in [0.15, 0.2) is 18.2 Å². The predicted molar refractivity (Wildman–Crippen MR) is 73.4 cm³/mol. The molecule has 1 rings (SSSR count). The highest BCUT2D eigenvalue weighted by molar-refractivity contribution is 6.30. The van der Waals surface area contributed by atoms with Crippen molar-refractivity contribution in [1.82, 2.24) is 4.90 Å². The lowest BCUT2D eigenvalue weighted by Crippen LogP contribution is -2.48. The standard InChI is InChI=1S/C14H21ClFNO/c1-5-17(6-2)14(3,4)13(18)11-8-7-10(15)9-12(11)16/h7-9,13,18H,5-6H2,1-4H3. The summed E-state index contributed by atoms with van der Waals surface area (Å²) in [5.74, 6) is -0.463. The fraction of sp³-hybridized carbons (Fsp3) is 0.571. The van der Waals surface area contributed by atoms with Gasteiger partial charge in [-0.15, -0.1) is 0 Å². The van der Waals surface area contributed by atoms with Crippen LogP contribution in [-0.4, -0.2) is 28.6 Å². The Balaban J connectivity index is 3.08. The summed E-state index contributed by atoms with van der Waals surface area (Å²) in [6.07, 6.45) is -0.894. The first kappa shape index (κ1) is 15.4. The Hall–Kier alpha value is -0.640. The summed E-state index contributed by atoms with van der Waals surface area (Å²) < 4.78 is 13.8. The Kier molecular flexibility index (Phi) is 5.14. The van der Waals surface area contributed by atoms with E-state index in [0.717, 1.165) is 13.1 Å². The van der Waals surface area contributed by atoms with Gasteiger partial charge in [0.15, 0.2) is 0 Å². The molecule has 0 amide bonds. The maximum atomic E-state index is 13.8. The molecule has 0 fully saturated rings. The van der Waals surface area contributed by atoms with Crippen LogP contribution in [0.1, 0.15) is 39.4 Å². The van der Waals surface area contributed by atoms with Crippen LogP contribution in [0.25, 0.3) is 0 Å². The molecule has 102 valence electrons. The molecule has 1 N–H and O–H groups in total. The van der Waals surface area contributed by atoms with Crippen LogP contribution >= 0.6 is 11.6 Å². The summed E-state index contributed by atoms with van der Waals surface area (Å²) in [6, 6.07) is 4.38. The van der Waals surface area contributed by atoms with E-state index in [-0.39, 0.29) is 5.56 Å². The third-order valence-electron chi connectivity index (χ3n) is 3.50. The minimum Gasteiger partial charge on any atom is -0.386 e. The van der Waals surface area contributed by atoms with Crippen molar-refractivity contribution in [3.8, 4) is 0 Å². The second kappa shape index (κ2) is 6.00. The van der Waals surface area contributed by atoms with E-state index in [1.807, 2.05) is 27.7 Å². The number of likely N-dealkylation sites (N-methyl/N-ethyl adjacent to an activating group) is 1. The third kappa shape index (κ3) is 3.02. The molecule has 1 aromatic carbocycles. The molecule has 1 aromatic rings. The summed E-state index contributed by atoms with van der Waals surface area (Å²) in [7, 11) is 0. The van der Waals surface area contributed by atoms with E-state index in [1.165, 1.54) is 6.07 Å². The largest absolute Gasteiger partial charge is 0.386 e. The van der Waals surface area contributed by atoms with Gasteiger partial charge in [0.2, 0.25) is 0 Å². The second-order valence-electron chi connectivity index (χ2n) is 4.89. The normalized spacial score (nSPS) is 14.0. The van der Waals surface area contributed by atoms with E-state index in [4.69, 9.17) is 11.6 Å². The Labute approximate surface area is 113 Å². The molecule has 0 bridgehead atoms. The number of rotatable bonds is 5. The summed E-state index contributed by atoms with van der Waals surface area (Å²) in [6.45, 7) is 9.48. The van der Waals surface area contributed by atoms with Gasteiger partial charge >= 0.3 is 0 Å². The molecule has 1 atom stereocenters. The number of hydrogen-bond acceptors (Lipinski definition) is 2. The number of halogens is 2. The second-order valence-corrected chi connectivity index (χ2v) is 5.33. The van der Waals surface area contributed by atoms with Crippen molar-refractivity contribution in [3.63, 3.8) is 0 Å². The van der Waals surface area contributed by atoms with Crippen LogP contribution < -0.4 is 0 Å². The van der Waals surface area contributed by atoms with Crippen LogP contribution in [0.3, 0.4) is 0 Å². The minimum absolute atomic E-state index is 0.288. The smallest absolute Gasteiger partial charge is 0.130 e. The zero-order valence-corrected chi connectivity index (χ0v) is 12.1. The van der Waals surface area contributed by atoms with E-state index < -0.39 is 17.5 Å². The molecule has 2 nitrogen and oxygen atoms in total. The molecule has 0 aliphatic heterocycles. The molecule has 0 aliphatic rings. The molecule has 0 saturated carbocycles. The van der Waals surface area contributed by atoms with Crippen LogP contribution in [0, 0.1) is 5.82 Å². The first-order valence-corrected chi connectivity index (χ1v) is 6.60. The molecule has 1 unspecified atom stereocenters. The van der Waals surface area contributed by atoms with Gasteiger partial charge in [-0.3, -0.25) is 4.90 Å². The SMILES string of the molecule is CCN(CC)C(C)(C)C(O)c1ccc(Cl)cc1F. The molecule has 0 heterocycles. The van der Waals surface area contributed by atoms with E-state index in [1.54, 1.807) is 12.1 Å². The fourth-order valence-electron chi connectivity index (χ4n) is 2.32. The summed E-state index contributed by atoms with van der Waals surface area (Å²) in [5, 5.41) is 10.8. The molecule has 0 aliphatic carbocycles. The summed E-state index contributed by atoms with van der Waals surface area (Å²) in [5.41, 5.74) is -0.241. The number of aliphatic hydroxyl groups excluding tert-OH is 1. The van der Waals surface area contributed by atoms with Crippen molar-refractivity contribution in [2.24, 2.45) is 0 Å². The topological polar surface area (TPSA) is 23.5 Å². The average Bonchev–Trinajstić information content (AvgIpc) is 2.29. The Morgan fingerprint density at radius 1 is 1.33 bits per heavy atom. The van der Waals surface area contributed by atoms with Crippen LogP contribution in [0.2, 0.25) is 5.02 Å². The molecule has 0 aromatic heterocycles. The van der Waals surface area contributed by atoms with E-state index in [2.05, 4.69) is 4.90 Å². The highest BCUT2D eigenvalue weighted by Crippen LogP contribution is 2.33. The van der Waals surface area contributed by atoms with Crippen LogP contribution in [0.4, 0.5) is 4.39 Å². The van der Waals surface area contributed by atoms with Crippen molar-refractivity contribution in [2.45, 2.75) is 39.3 Å². The van der Waals surface area contributed by atoms with Crippen molar-refractivity contribution < 1.29 is 9.50 Å². The molecule has 0 saturated heterocycles. The highest BCUT2D eigenvalue weighted by atomic mass is 35.5. The number of aliphatic hydroxyl groups is 1. The van der Waals surface area contributed by atoms with Gasteiger partial charge in [-0.1, -0.05) is 31.5 Å². The fourth-order valence-corrected chi connectivity index (χ4v) is 2.47. The Morgan fingerprint density at radius 2 is 1.89 bits per heavy atom. The van der Waals surface area contributed by atoms with Crippen molar-refractivity contribution in [1.29, 1.82) is 0 Å². The lowest BCUT2D eigenvalue weighted by atomic mass is 9.89. The quantitative estimate of drug-likeness (QED) is 0.885. The Morgan fingerprint density at radius 3 is 2.33 bits per heavy atom. The molecule has 0 spiro atoms. The average molecular weight is 274 g/mol. The van der Waals surface area contributed by atoms with Crippen LogP contribution in [-0.2, 0) is 0 Å². The van der Waals surface area contributed by atoms with Gasteiger partial charge in [0.05, 0.1) is 6.10 Å². The molecule has 4 heteroatoms. The lowest BCUT2D eigenvalue weighted by molar-refractivity contribution is -0.00812. The van der Waals surface area contributed by atoms with Gasteiger partial charge in [0.1, 0.15) is 5.82 Å². The molecular weight excluding hydrogens is 253 g/mol. The minimum atomic E-state index is -0.894. The van der Waals surface area contributed by atoms with Gasteiger partial charge in [-0.25, -0.2) is 4.39 Å². The van der Waals surface area contributed by atoms with Gasteiger partial charge in [-0.05, 0) is 39.1 Å². The van der Waals surface area contributed by atoms with E-state index >= 15 is 0 Å². The van der Waals surface area contributed by atoms with Gasteiger partial charge < -0.3 is 5.11 Å². The van der Waals surface area contributed by atoms with E-state index in [9.17, 15) is 9.50 Å². The maximum absolute atomic E-state index is 13.8. The predicted octanol–water partition coefficient (Wildman–Crippen LogP) is 3.63. The van der Waals surface area contributed by atoms with Gasteiger partial charge in [0, 0.05) is 16.1 Å². The number of benzene rings is 1. The molecular formula is C14H21ClFNO. The maximum Gasteiger partial charge on any atom is 0.130 e. The summed E-state index contributed by atoms with van der Waals surface area (Å²) in [4.78, 5) is 2.10. The molecule has 18 heavy (non-hydrogen) atoms. The van der Waals surface area contributed by atoms with Gasteiger partial charge in [-0.2, -0.15) is 0 Å². The van der Waals surface area contributed by atoms with Crippen molar-refractivity contribution in [2.75, 3.05) is 13.1 Å². The first-order valence-electron chi connectivity index (χ1n) is 6.22.